The molecule has 3 rings (SSSR count). The van der Waals surface area contributed by atoms with E-state index in [1.807, 2.05) is 38.1 Å². The highest BCUT2D eigenvalue weighted by Gasteiger charge is 2.45. The number of aliphatic hydroxyl groups is 1. The number of amides is 1. The maximum Gasteiger partial charge on any atom is 0.295 e. The minimum Gasteiger partial charge on any atom is -0.507 e. The van der Waals surface area contributed by atoms with E-state index in [4.69, 9.17) is 0 Å². The predicted molar refractivity (Wildman–Crippen MR) is 103 cm³/mol. The van der Waals surface area contributed by atoms with Gasteiger partial charge in [-0.2, -0.15) is 0 Å². The fraction of sp³-hybridized carbons (Fsp3) is 0.286. The molecule has 6 nitrogen and oxygen atoms in total. The lowest BCUT2D eigenvalue weighted by Gasteiger charge is -2.26. The van der Waals surface area contributed by atoms with Crippen molar-refractivity contribution in [1.82, 2.24) is 14.8 Å². The molecular formula is C21H23N3O3. The van der Waals surface area contributed by atoms with Gasteiger partial charge in [-0.1, -0.05) is 29.8 Å². The van der Waals surface area contributed by atoms with Gasteiger partial charge in [0.05, 0.1) is 11.6 Å². The number of Topliss-reactive ketones (excluding diaryl/α,β-unsaturated/α-hetero) is 1. The van der Waals surface area contributed by atoms with Gasteiger partial charge in [0, 0.05) is 31.0 Å². The monoisotopic (exact) mass is 365 g/mol. The first-order chi connectivity index (χ1) is 12.9. The van der Waals surface area contributed by atoms with Crippen LogP contribution in [-0.4, -0.2) is 58.8 Å². The summed E-state index contributed by atoms with van der Waals surface area (Å²) in [6, 6.07) is 10.1. The SMILES string of the molecule is Cc1ccc(C(O)=C2C(=O)C(=O)N(CCN(C)C)[C@@H]2c2ccncc2)cc1. The molecule has 1 aromatic heterocycles. The molecule has 0 radical (unpaired) electrons. The summed E-state index contributed by atoms with van der Waals surface area (Å²) in [5.74, 6) is -1.40. The molecule has 1 N–H and O–H groups in total. The summed E-state index contributed by atoms with van der Waals surface area (Å²) in [7, 11) is 3.81. The van der Waals surface area contributed by atoms with Gasteiger partial charge in [-0.15, -0.1) is 0 Å². The van der Waals surface area contributed by atoms with Crippen LogP contribution < -0.4 is 0 Å². The average molecular weight is 365 g/mol. The van der Waals surface area contributed by atoms with Crippen molar-refractivity contribution in [3.63, 3.8) is 0 Å². The van der Waals surface area contributed by atoms with Gasteiger partial charge in [0.15, 0.2) is 0 Å². The molecule has 1 fully saturated rings. The Kier molecular flexibility index (Phi) is 5.37. The second-order valence-electron chi connectivity index (χ2n) is 6.94. The molecule has 27 heavy (non-hydrogen) atoms. The van der Waals surface area contributed by atoms with Crippen LogP contribution in [0.3, 0.4) is 0 Å². The Hall–Kier alpha value is -2.99. The van der Waals surface area contributed by atoms with E-state index >= 15 is 0 Å². The highest BCUT2D eigenvalue weighted by atomic mass is 16.3. The molecule has 0 bridgehead atoms. The minimum atomic E-state index is -0.659. The molecule has 2 heterocycles. The van der Waals surface area contributed by atoms with E-state index in [9.17, 15) is 14.7 Å². The van der Waals surface area contributed by atoms with Gasteiger partial charge in [0.25, 0.3) is 11.7 Å². The lowest BCUT2D eigenvalue weighted by molar-refractivity contribution is -0.140. The van der Waals surface area contributed by atoms with Crippen molar-refractivity contribution in [2.75, 3.05) is 27.2 Å². The topological polar surface area (TPSA) is 73.7 Å². The zero-order valence-corrected chi connectivity index (χ0v) is 15.7. The molecule has 6 heteroatoms. The molecule has 0 saturated carbocycles. The number of nitrogens with zero attached hydrogens (tertiary/aromatic N) is 3. The number of aromatic nitrogens is 1. The molecule has 1 amide bonds. The summed E-state index contributed by atoms with van der Waals surface area (Å²) in [5, 5.41) is 10.9. The second-order valence-corrected chi connectivity index (χ2v) is 6.94. The van der Waals surface area contributed by atoms with Gasteiger partial charge < -0.3 is 14.9 Å². The normalized spacial score (nSPS) is 19.1. The van der Waals surface area contributed by atoms with Crippen LogP contribution in [0.4, 0.5) is 0 Å². The number of carbonyl (C=O) groups is 2. The average Bonchev–Trinajstić information content (AvgIpc) is 2.91. The van der Waals surface area contributed by atoms with Crippen LogP contribution >= 0.6 is 0 Å². The largest absolute Gasteiger partial charge is 0.507 e. The Morgan fingerprint density at radius 1 is 1.11 bits per heavy atom. The third-order valence-electron chi connectivity index (χ3n) is 4.67. The molecule has 0 spiro atoms. The van der Waals surface area contributed by atoms with Crippen LogP contribution in [-0.2, 0) is 9.59 Å². The second kappa shape index (κ2) is 7.72. The van der Waals surface area contributed by atoms with Crippen LogP contribution in [0.5, 0.6) is 0 Å². The lowest BCUT2D eigenvalue weighted by atomic mass is 9.95. The molecule has 1 aliphatic rings. The molecule has 2 aromatic rings. The smallest absolute Gasteiger partial charge is 0.295 e. The molecule has 140 valence electrons. The first-order valence-electron chi connectivity index (χ1n) is 8.80. The maximum absolute atomic E-state index is 12.8. The van der Waals surface area contributed by atoms with E-state index < -0.39 is 17.7 Å². The van der Waals surface area contributed by atoms with E-state index in [0.29, 0.717) is 18.7 Å². The molecule has 1 saturated heterocycles. The van der Waals surface area contributed by atoms with Crippen molar-refractivity contribution in [2.45, 2.75) is 13.0 Å². The number of aliphatic hydroxyl groups excluding tert-OH is 1. The van der Waals surface area contributed by atoms with E-state index in [1.54, 1.807) is 36.7 Å². The molecule has 0 unspecified atom stereocenters. The quantitative estimate of drug-likeness (QED) is 0.500. The van der Waals surface area contributed by atoms with Crippen LogP contribution in [0.15, 0.2) is 54.4 Å². The number of hydrogen-bond acceptors (Lipinski definition) is 5. The Morgan fingerprint density at radius 3 is 2.33 bits per heavy atom. The lowest BCUT2D eigenvalue weighted by Crippen LogP contribution is -2.35. The van der Waals surface area contributed by atoms with Crippen LogP contribution in [0.25, 0.3) is 5.76 Å². The first-order valence-corrected chi connectivity index (χ1v) is 8.80. The summed E-state index contributed by atoms with van der Waals surface area (Å²) in [4.78, 5) is 33.0. The number of aryl methyl sites for hydroxylation is 1. The molecule has 1 aliphatic heterocycles. The number of hydrogen-bond donors (Lipinski definition) is 1. The summed E-state index contributed by atoms with van der Waals surface area (Å²) < 4.78 is 0. The highest BCUT2D eigenvalue weighted by molar-refractivity contribution is 6.46. The number of likely N-dealkylation sites (tertiary alicyclic amines) is 1. The highest BCUT2D eigenvalue weighted by Crippen LogP contribution is 2.38. The number of ketones is 1. The maximum atomic E-state index is 12.8. The predicted octanol–water partition coefficient (Wildman–Crippen LogP) is 2.37. The number of rotatable bonds is 5. The van der Waals surface area contributed by atoms with Crippen molar-refractivity contribution in [3.05, 3.63) is 71.1 Å². The molecule has 1 aromatic carbocycles. The van der Waals surface area contributed by atoms with Gasteiger partial charge in [0.1, 0.15) is 5.76 Å². The van der Waals surface area contributed by atoms with E-state index in [0.717, 1.165) is 11.1 Å². The number of likely N-dealkylation sites (N-methyl/N-ethyl adjacent to an activating group) is 1. The van der Waals surface area contributed by atoms with Crippen molar-refractivity contribution in [3.8, 4) is 0 Å². The van der Waals surface area contributed by atoms with Gasteiger partial charge in [-0.25, -0.2) is 0 Å². The van der Waals surface area contributed by atoms with Crippen molar-refractivity contribution in [2.24, 2.45) is 0 Å². The third-order valence-corrected chi connectivity index (χ3v) is 4.67. The zero-order chi connectivity index (χ0) is 19.6. The zero-order valence-electron chi connectivity index (χ0n) is 15.7. The Bertz CT molecular complexity index is 873. The number of benzene rings is 1. The van der Waals surface area contributed by atoms with Gasteiger partial charge in [0.2, 0.25) is 0 Å². The van der Waals surface area contributed by atoms with E-state index in [1.165, 1.54) is 4.90 Å². The van der Waals surface area contributed by atoms with Gasteiger partial charge in [-0.05, 0) is 38.7 Å². The van der Waals surface area contributed by atoms with Gasteiger partial charge >= 0.3 is 0 Å². The minimum absolute atomic E-state index is 0.119. The van der Waals surface area contributed by atoms with Crippen LogP contribution in [0.2, 0.25) is 0 Å². The fourth-order valence-corrected chi connectivity index (χ4v) is 3.18. The Labute approximate surface area is 158 Å². The Morgan fingerprint density at radius 2 is 1.74 bits per heavy atom. The summed E-state index contributed by atoms with van der Waals surface area (Å²) in [6.07, 6.45) is 3.24. The summed E-state index contributed by atoms with van der Waals surface area (Å²) >= 11 is 0. The summed E-state index contributed by atoms with van der Waals surface area (Å²) in [6.45, 7) is 2.94. The number of carbonyl (C=O) groups excluding carboxylic acids is 2. The van der Waals surface area contributed by atoms with E-state index in [-0.39, 0.29) is 11.3 Å². The van der Waals surface area contributed by atoms with Crippen molar-refractivity contribution < 1.29 is 14.7 Å². The molecule has 0 aliphatic carbocycles. The summed E-state index contributed by atoms with van der Waals surface area (Å²) in [5.41, 5.74) is 2.43. The number of pyridine rings is 1. The van der Waals surface area contributed by atoms with Crippen molar-refractivity contribution in [1.29, 1.82) is 0 Å². The standard InChI is InChI=1S/C21H23N3O3/c1-14-4-6-16(7-5-14)19(25)17-18(15-8-10-22-11-9-15)24(13-12-23(2)3)21(27)20(17)26/h4-11,18,25H,12-13H2,1-3H3/t18-/m1/s1. The first kappa shape index (κ1) is 18.8. The van der Waals surface area contributed by atoms with Crippen LogP contribution in [0, 0.1) is 6.92 Å². The Balaban J connectivity index is 2.12. The van der Waals surface area contributed by atoms with Gasteiger partial charge in [-0.3, -0.25) is 14.6 Å². The molecular weight excluding hydrogens is 342 g/mol. The fourth-order valence-electron chi connectivity index (χ4n) is 3.18. The van der Waals surface area contributed by atoms with Crippen LogP contribution in [0.1, 0.15) is 22.7 Å². The molecule has 1 atom stereocenters. The van der Waals surface area contributed by atoms with E-state index in [2.05, 4.69) is 4.98 Å². The van der Waals surface area contributed by atoms with Crippen molar-refractivity contribution >= 4 is 17.4 Å². The third kappa shape index (κ3) is 3.75.